The molecule has 0 amide bonds. The second kappa shape index (κ2) is 4.09. The van der Waals surface area contributed by atoms with Crippen molar-refractivity contribution >= 4 is 12.4 Å². The van der Waals surface area contributed by atoms with Crippen LogP contribution < -0.4 is 5.32 Å². The zero-order valence-electron chi connectivity index (χ0n) is 7.56. The summed E-state index contributed by atoms with van der Waals surface area (Å²) in [5.74, 6) is -1.83. The fourth-order valence-electron chi connectivity index (χ4n) is 2.18. The monoisotopic (exact) mass is 211 g/mol. The molecule has 1 unspecified atom stereocenters. The molecule has 0 radical (unpaired) electrons. The van der Waals surface area contributed by atoms with Crippen LogP contribution in [0.3, 0.4) is 0 Å². The highest BCUT2D eigenvalue weighted by atomic mass is 35.5. The van der Waals surface area contributed by atoms with Crippen LogP contribution in [0.4, 0.5) is 8.78 Å². The van der Waals surface area contributed by atoms with Gasteiger partial charge in [0.1, 0.15) is 0 Å². The van der Waals surface area contributed by atoms with Gasteiger partial charge in [-0.3, -0.25) is 0 Å². The Hall–Kier alpha value is 0.110. The number of nitrogens with one attached hydrogen (secondary N) is 1. The van der Waals surface area contributed by atoms with Gasteiger partial charge in [0.25, 0.3) is 0 Å². The van der Waals surface area contributed by atoms with Crippen LogP contribution in [0.25, 0.3) is 0 Å². The molecular weight excluding hydrogens is 196 g/mol. The van der Waals surface area contributed by atoms with Crippen LogP contribution in [0, 0.1) is 5.92 Å². The standard InChI is InChI=1S/C9H15F2N.ClH/c10-9(11)4-1-7(2-5-9)8-3-6-12-8;/h7-8,12H,1-6H2;1H. The third kappa shape index (κ3) is 2.53. The van der Waals surface area contributed by atoms with Crippen molar-refractivity contribution in [3.63, 3.8) is 0 Å². The Morgan fingerprint density at radius 3 is 2.00 bits per heavy atom. The Kier molecular flexibility index (Phi) is 3.52. The van der Waals surface area contributed by atoms with Crippen LogP contribution in [0.2, 0.25) is 0 Å². The first kappa shape index (κ1) is 11.2. The predicted octanol–water partition coefficient (Wildman–Crippen LogP) is 2.60. The van der Waals surface area contributed by atoms with Gasteiger partial charge in [-0.1, -0.05) is 0 Å². The van der Waals surface area contributed by atoms with Gasteiger partial charge < -0.3 is 5.32 Å². The maximum absolute atomic E-state index is 12.7. The molecule has 0 aromatic carbocycles. The van der Waals surface area contributed by atoms with Crippen LogP contribution in [-0.4, -0.2) is 18.5 Å². The van der Waals surface area contributed by atoms with E-state index in [4.69, 9.17) is 0 Å². The van der Waals surface area contributed by atoms with E-state index in [0.717, 1.165) is 6.54 Å². The average Bonchev–Trinajstić information content (AvgIpc) is 1.89. The molecule has 4 heteroatoms. The van der Waals surface area contributed by atoms with Gasteiger partial charge in [-0.25, -0.2) is 8.78 Å². The van der Waals surface area contributed by atoms with Crippen molar-refractivity contribution in [3.8, 4) is 0 Å². The van der Waals surface area contributed by atoms with E-state index >= 15 is 0 Å². The normalized spacial score (nSPS) is 33.2. The maximum Gasteiger partial charge on any atom is 0.248 e. The first-order valence-corrected chi connectivity index (χ1v) is 4.79. The molecule has 1 aliphatic carbocycles. The lowest BCUT2D eigenvalue weighted by atomic mass is 9.79. The SMILES string of the molecule is Cl.FC1(F)CCC(C2CCN2)CC1. The smallest absolute Gasteiger partial charge is 0.248 e. The molecular formula is C9H16ClF2N. The molecule has 2 fully saturated rings. The summed E-state index contributed by atoms with van der Waals surface area (Å²) in [5.41, 5.74) is 0. The van der Waals surface area contributed by atoms with Crippen LogP contribution in [-0.2, 0) is 0 Å². The second-order valence-electron chi connectivity index (χ2n) is 4.04. The minimum Gasteiger partial charge on any atom is -0.314 e. The van der Waals surface area contributed by atoms with Gasteiger partial charge in [0, 0.05) is 18.9 Å². The van der Waals surface area contributed by atoms with Crippen LogP contribution >= 0.6 is 12.4 Å². The lowest BCUT2D eigenvalue weighted by Gasteiger charge is -2.39. The minimum absolute atomic E-state index is 0. The van der Waals surface area contributed by atoms with Crippen LogP contribution in [0.15, 0.2) is 0 Å². The summed E-state index contributed by atoms with van der Waals surface area (Å²) in [6, 6.07) is 0.557. The zero-order chi connectivity index (χ0) is 8.60. The van der Waals surface area contributed by atoms with Gasteiger partial charge in [-0.2, -0.15) is 0 Å². The van der Waals surface area contributed by atoms with Gasteiger partial charge in [-0.15, -0.1) is 12.4 Å². The number of hydrogen-bond donors (Lipinski definition) is 1. The molecule has 78 valence electrons. The van der Waals surface area contributed by atoms with E-state index < -0.39 is 5.92 Å². The van der Waals surface area contributed by atoms with E-state index in [9.17, 15) is 8.78 Å². The third-order valence-corrected chi connectivity index (χ3v) is 3.19. The van der Waals surface area contributed by atoms with Gasteiger partial charge in [0.2, 0.25) is 5.92 Å². The summed E-state index contributed by atoms with van der Waals surface area (Å²) in [5, 5.41) is 3.30. The van der Waals surface area contributed by atoms with Gasteiger partial charge in [-0.05, 0) is 31.7 Å². The van der Waals surface area contributed by atoms with Crippen LogP contribution in [0.5, 0.6) is 0 Å². The molecule has 1 atom stereocenters. The quantitative estimate of drug-likeness (QED) is 0.703. The largest absolute Gasteiger partial charge is 0.314 e. The van der Waals surface area contributed by atoms with Gasteiger partial charge in [0.05, 0.1) is 0 Å². The molecule has 2 aliphatic rings. The molecule has 1 aliphatic heterocycles. The molecule has 1 nitrogen and oxygen atoms in total. The Labute approximate surface area is 83.7 Å². The predicted molar refractivity (Wildman–Crippen MR) is 50.6 cm³/mol. The molecule has 0 spiro atoms. The number of hydrogen-bond acceptors (Lipinski definition) is 1. The summed E-state index contributed by atoms with van der Waals surface area (Å²) < 4.78 is 25.5. The third-order valence-electron chi connectivity index (χ3n) is 3.19. The van der Waals surface area contributed by atoms with Crippen molar-refractivity contribution in [2.45, 2.75) is 44.1 Å². The van der Waals surface area contributed by atoms with Gasteiger partial charge in [0.15, 0.2) is 0 Å². The number of rotatable bonds is 1. The van der Waals surface area contributed by atoms with E-state index in [1.807, 2.05) is 0 Å². The summed E-state index contributed by atoms with van der Waals surface area (Å²) in [6.45, 7) is 1.08. The lowest BCUT2D eigenvalue weighted by molar-refractivity contribution is -0.0522. The summed E-state index contributed by atoms with van der Waals surface area (Å²) in [7, 11) is 0. The van der Waals surface area contributed by atoms with E-state index in [1.54, 1.807) is 0 Å². The summed E-state index contributed by atoms with van der Waals surface area (Å²) in [6.07, 6.45) is 2.83. The van der Waals surface area contributed by atoms with Crippen molar-refractivity contribution in [2.24, 2.45) is 5.92 Å². The van der Waals surface area contributed by atoms with E-state index in [1.165, 1.54) is 6.42 Å². The molecule has 1 saturated carbocycles. The maximum atomic E-state index is 12.7. The van der Waals surface area contributed by atoms with Crippen molar-refractivity contribution < 1.29 is 8.78 Å². The molecule has 1 heterocycles. The molecule has 0 aromatic heterocycles. The lowest BCUT2D eigenvalue weighted by Crippen LogP contribution is -2.49. The molecule has 1 saturated heterocycles. The minimum atomic E-state index is -2.36. The highest BCUT2D eigenvalue weighted by Gasteiger charge is 2.38. The molecule has 2 rings (SSSR count). The highest BCUT2D eigenvalue weighted by molar-refractivity contribution is 5.85. The molecule has 0 aromatic rings. The van der Waals surface area contributed by atoms with Crippen molar-refractivity contribution in [3.05, 3.63) is 0 Å². The van der Waals surface area contributed by atoms with Crippen LogP contribution in [0.1, 0.15) is 32.1 Å². The Morgan fingerprint density at radius 2 is 1.62 bits per heavy atom. The average molecular weight is 212 g/mol. The second-order valence-corrected chi connectivity index (χ2v) is 4.04. The fraction of sp³-hybridized carbons (Fsp3) is 1.00. The summed E-state index contributed by atoms with van der Waals surface area (Å²) in [4.78, 5) is 0. The van der Waals surface area contributed by atoms with Crippen molar-refractivity contribution in [1.29, 1.82) is 0 Å². The molecule has 0 bridgehead atoms. The van der Waals surface area contributed by atoms with Gasteiger partial charge >= 0.3 is 0 Å². The number of alkyl halides is 2. The molecule has 13 heavy (non-hydrogen) atoms. The first-order chi connectivity index (χ1) is 5.67. The topological polar surface area (TPSA) is 12.0 Å². The summed E-state index contributed by atoms with van der Waals surface area (Å²) >= 11 is 0. The zero-order valence-corrected chi connectivity index (χ0v) is 8.38. The van der Waals surface area contributed by atoms with Crippen molar-refractivity contribution in [2.75, 3.05) is 6.54 Å². The Morgan fingerprint density at radius 1 is 1.08 bits per heavy atom. The Balaban J connectivity index is 0.000000845. The van der Waals surface area contributed by atoms with E-state index in [2.05, 4.69) is 5.32 Å². The highest BCUT2D eigenvalue weighted by Crippen LogP contribution is 2.38. The first-order valence-electron chi connectivity index (χ1n) is 4.79. The van der Waals surface area contributed by atoms with E-state index in [0.29, 0.717) is 24.8 Å². The number of halogens is 3. The Bertz CT molecular complexity index is 161. The fourth-order valence-corrected chi connectivity index (χ4v) is 2.18. The molecule has 1 N–H and O–H groups in total. The van der Waals surface area contributed by atoms with Crippen molar-refractivity contribution in [1.82, 2.24) is 5.32 Å². The van der Waals surface area contributed by atoms with E-state index in [-0.39, 0.29) is 25.2 Å².